The fourth-order valence-corrected chi connectivity index (χ4v) is 1.97. The molecule has 4 heteroatoms. The third-order valence-corrected chi connectivity index (χ3v) is 3.06. The summed E-state index contributed by atoms with van der Waals surface area (Å²) in [6, 6.07) is 12.0. The lowest BCUT2D eigenvalue weighted by atomic mass is 10.1. The zero-order valence-electron chi connectivity index (χ0n) is 12.6. The van der Waals surface area contributed by atoms with Crippen LogP contribution in [0.1, 0.15) is 22.8 Å². The molecule has 0 radical (unpaired) electrons. The highest BCUT2D eigenvalue weighted by atomic mass is 16.5. The Balaban J connectivity index is 2.15. The van der Waals surface area contributed by atoms with Gasteiger partial charge in [0.05, 0.1) is 13.7 Å². The molecule has 2 rings (SSSR count). The van der Waals surface area contributed by atoms with Crippen LogP contribution in [0.25, 0.3) is 6.08 Å². The average Bonchev–Trinajstić information content (AvgIpc) is 2.54. The molecule has 0 heterocycles. The fourth-order valence-electron chi connectivity index (χ4n) is 1.97. The SMILES string of the molecule is CCOc1cccc(/C=C/C(=O)c2ccc(O)c(OC)c2)c1. The van der Waals surface area contributed by atoms with Gasteiger partial charge in [-0.25, -0.2) is 0 Å². The molecular formula is C18H18O4. The molecule has 22 heavy (non-hydrogen) atoms. The number of methoxy groups -OCH3 is 1. The van der Waals surface area contributed by atoms with Crippen molar-refractivity contribution < 1.29 is 19.4 Å². The van der Waals surface area contributed by atoms with Gasteiger partial charge in [0.2, 0.25) is 0 Å². The molecule has 0 bridgehead atoms. The van der Waals surface area contributed by atoms with Crippen molar-refractivity contribution in [3.8, 4) is 17.2 Å². The zero-order chi connectivity index (χ0) is 15.9. The summed E-state index contributed by atoms with van der Waals surface area (Å²) in [5, 5.41) is 9.54. The maximum atomic E-state index is 12.2. The van der Waals surface area contributed by atoms with Gasteiger partial charge in [-0.3, -0.25) is 4.79 Å². The summed E-state index contributed by atoms with van der Waals surface area (Å²) in [7, 11) is 1.44. The third kappa shape index (κ3) is 3.88. The molecule has 0 saturated carbocycles. The second-order valence-corrected chi connectivity index (χ2v) is 4.59. The molecule has 0 aromatic heterocycles. The molecule has 0 spiro atoms. The second kappa shape index (κ2) is 7.31. The Morgan fingerprint density at radius 2 is 2.05 bits per heavy atom. The molecule has 0 fully saturated rings. The lowest BCUT2D eigenvalue weighted by molar-refractivity contribution is 0.104. The van der Waals surface area contributed by atoms with Gasteiger partial charge in [-0.2, -0.15) is 0 Å². The Hall–Kier alpha value is -2.75. The van der Waals surface area contributed by atoms with Crippen molar-refractivity contribution in [1.29, 1.82) is 0 Å². The van der Waals surface area contributed by atoms with E-state index in [0.29, 0.717) is 12.2 Å². The maximum absolute atomic E-state index is 12.2. The van der Waals surface area contributed by atoms with Crippen molar-refractivity contribution in [2.45, 2.75) is 6.92 Å². The first-order valence-corrected chi connectivity index (χ1v) is 6.96. The molecule has 2 aromatic rings. The molecule has 0 aliphatic rings. The second-order valence-electron chi connectivity index (χ2n) is 4.59. The molecule has 0 aliphatic heterocycles. The summed E-state index contributed by atoms with van der Waals surface area (Å²) < 4.78 is 10.4. The van der Waals surface area contributed by atoms with Gasteiger partial charge in [0, 0.05) is 5.56 Å². The van der Waals surface area contributed by atoms with Crippen LogP contribution in [-0.4, -0.2) is 24.6 Å². The van der Waals surface area contributed by atoms with Crippen molar-refractivity contribution in [3.05, 3.63) is 59.7 Å². The first kappa shape index (κ1) is 15.6. The normalized spacial score (nSPS) is 10.6. The van der Waals surface area contributed by atoms with Crippen molar-refractivity contribution in [1.82, 2.24) is 0 Å². The Kier molecular flexibility index (Phi) is 5.20. The zero-order valence-corrected chi connectivity index (χ0v) is 12.6. The smallest absolute Gasteiger partial charge is 0.185 e. The van der Waals surface area contributed by atoms with Crippen LogP contribution in [-0.2, 0) is 0 Å². The van der Waals surface area contributed by atoms with Crippen LogP contribution < -0.4 is 9.47 Å². The number of carbonyl (C=O) groups excluding carboxylic acids is 1. The van der Waals surface area contributed by atoms with Gasteiger partial charge in [0.1, 0.15) is 5.75 Å². The Labute approximate surface area is 129 Å². The van der Waals surface area contributed by atoms with E-state index in [1.807, 2.05) is 31.2 Å². The molecule has 4 nitrogen and oxygen atoms in total. The Morgan fingerprint density at radius 3 is 2.77 bits per heavy atom. The van der Waals surface area contributed by atoms with Gasteiger partial charge in [-0.15, -0.1) is 0 Å². The van der Waals surface area contributed by atoms with Crippen molar-refractivity contribution in [2.75, 3.05) is 13.7 Å². The number of ether oxygens (including phenoxy) is 2. The van der Waals surface area contributed by atoms with Gasteiger partial charge < -0.3 is 14.6 Å². The quantitative estimate of drug-likeness (QED) is 0.652. The molecule has 0 atom stereocenters. The predicted octanol–water partition coefficient (Wildman–Crippen LogP) is 3.70. The molecule has 0 amide bonds. The van der Waals surface area contributed by atoms with E-state index in [2.05, 4.69) is 0 Å². The summed E-state index contributed by atoms with van der Waals surface area (Å²) in [6.07, 6.45) is 3.21. The van der Waals surface area contributed by atoms with Crippen molar-refractivity contribution in [3.63, 3.8) is 0 Å². The van der Waals surface area contributed by atoms with E-state index < -0.39 is 0 Å². The lowest BCUT2D eigenvalue weighted by Gasteiger charge is -2.04. The van der Waals surface area contributed by atoms with Crippen LogP contribution in [0.2, 0.25) is 0 Å². The number of aromatic hydroxyl groups is 1. The number of hydrogen-bond acceptors (Lipinski definition) is 4. The van der Waals surface area contributed by atoms with Crippen molar-refractivity contribution >= 4 is 11.9 Å². The van der Waals surface area contributed by atoms with Gasteiger partial charge in [0.25, 0.3) is 0 Å². The number of hydrogen-bond donors (Lipinski definition) is 1. The summed E-state index contributed by atoms with van der Waals surface area (Å²) in [5.74, 6) is 0.883. The predicted molar refractivity (Wildman–Crippen MR) is 85.6 cm³/mol. The molecule has 1 N–H and O–H groups in total. The first-order valence-electron chi connectivity index (χ1n) is 6.96. The molecule has 0 aliphatic carbocycles. The standard InChI is InChI=1S/C18H18O4/c1-3-22-15-6-4-5-13(11-15)7-9-16(19)14-8-10-17(20)18(12-14)21-2/h4-12,20H,3H2,1-2H3/b9-7+. The van der Waals surface area contributed by atoms with Crippen LogP contribution >= 0.6 is 0 Å². The number of phenolic OH excluding ortho intramolecular Hbond substituents is 1. The van der Waals surface area contributed by atoms with E-state index in [-0.39, 0.29) is 17.3 Å². The monoisotopic (exact) mass is 298 g/mol. The maximum Gasteiger partial charge on any atom is 0.185 e. The van der Waals surface area contributed by atoms with Crippen LogP contribution in [0.5, 0.6) is 17.2 Å². The highest BCUT2D eigenvalue weighted by Gasteiger charge is 2.07. The van der Waals surface area contributed by atoms with Gasteiger partial charge in [0.15, 0.2) is 17.3 Å². The van der Waals surface area contributed by atoms with Crippen LogP contribution in [0.4, 0.5) is 0 Å². The van der Waals surface area contributed by atoms with Crippen LogP contribution in [0.3, 0.4) is 0 Å². The van der Waals surface area contributed by atoms with Gasteiger partial charge >= 0.3 is 0 Å². The minimum absolute atomic E-state index is 0.00689. The van der Waals surface area contributed by atoms with Gasteiger partial charge in [-0.05, 0) is 48.9 Å². The van der Waals surface area contributed by atoms with Crippen LogP contribution in [0, 0.1) is 0 Å². The molecule has 114 valence electrons. The van der Waals surface area contributed by atoms with Crippen LogP contribution in [0.15, 0.2) is 48.5 Å². The summed E-state index contributed by atoms with van der Waals surface area (Å²) >= 11 is 0. The Morgan fingerprint density at radius 1 is 1.23 bits per heavy atom. The molecule has 0 saturated heterocycles. The number of ketones is 1. The summed E-state index contributed by atoms with van der Waals surface area (Å²) in [6.45, 7) is 2.52. The van der Waals surface area contributed by atoms with Gasteiger partial charge in [-0.1, -0.05) is 18.2 Å². The number of benzene rings is 2. The minimum atomic E-state index is -0.167. The molecule has 2 aromatic carbocycles. The van der Waals surface area contributed by atoms with E-state index in [1.165, 1.54) is 25.3 Å². The number of phenols is 1. The number of rotatable bonds is 6. The lowest BCUT2D eigenvalue weighted by Crippen LogP contribution is -1.95. The third-order valence-electron chi connectivity index (χ3n) is 3.06. The molecular weight excluding hydrogens is 280 g/mol. The van der Waals surface area contributed by atoms with E-state index in [1.54, 1.807) is 12.1 Å². The fraction of sp³-hybridized carbons (Fsp3) is 0.167. The largest absolute Gasteiger partial charge is 0.504 e. The molecule has 0 unspecified atom stereocenters. The number of allylic oxidation sites excluding steroid dienone is 1. The van der Waals surface area contributed by atoms with E-state index in [9.17, 15) is 9.90 Å². The Bertz CT molecular complexity index is 689. The summed E-state index contributed by atoms with van der Waals surface area (Å²) in [4.78, 5) is 12.2. The summed E-state index contributed by atoms with van der Waals surface area (Å²) in [5.41, 5.74) is 1.33. The minimum Gasteiger partial charge on any atom is -0.504 e. The highest BCUT2D eigenvalue weighted by molar-refractivity contribution is 6.07. The van der Waals surface area contributed by atoms with E-state index in [0.717, 1.165) is 11.3 Å². The van der Waals surface area contributed by atoms with E-state index in [4.69, 9.17) is 9.47 Å². The number of carbonyl (C=O) groups is 1. The van der Waals surface area contributed by atoms with E-state index >= 15 is 0 Å². The van der Waals surface area contributed by atoms with Crippen molar-refractivity contribution in [2.24, 2.45) is 0 Å². The average molecular weight is 298 g/mol. The topological polar surface area (TPSA) is 55.8 Å². The highest BCUT2D eigenvalue weighted by Crippen LogP contribution is 2.26. The first-order chi connectivity index (χ1) is 10.6.